The minimum Gasteiger partial charge on any atom is -0.397 e. The first-order valence-electron chi connectivity index (χ1n) is 8.96. The molecule has 4 aromatic rings. The molecular weight excluding hydrogens is 406 g/mol. The Bertz CT molecular complexity index is 1120. The molecule has 2 aromatic carbocycles. The zero-order valence-electron chi connectivity index (χ0n) is 15.4. The average Bonchev–Trinajstić information content (AvgIpc) is 3.41. The molecule has 1 amide bonds. The largest absolute Gasteiger partial charge is 0.397 e. The normalized spacial score (nSPS) is 10.8. The number of nitrogen functional groups attached to an aromatic ring is 1. The van der Waals surface area contributed by atoms with Crippen LogP contribution in [0.25, 0.3) is 11.1 Å². The van der Waals surface area contributed by atoms with Gasteiger partial charge in [-0.2, -0.15) is 11.3 Å². The van der Waals surface area contributed by atoms with Crippen LogP contribution in [-0.2, 0) is 13.0 Å². The summed E-state index contributed by atoms with van der Waals surface area (Å²) in [6.07, 6.45) is 2.39. The Morgan fingerprint density at radius 1 is 1.14 bits per heavy atom. The molecule has 2 heterocycles. The summed E-state index contributed by atoms with van der Waals surface area (Å²) in [6.45, 7) is 0.609. The molecule has 2 aromatic heterocycles. The fourth-order valence-corrected chi connectivity index (χ4v) is 3.66. The molecule has 146 valence electrons. The summed E-state index contributed by atoms with van der Waals surface area (Å²) in [4.78, 5) is 12.6. The van der Waals surface area contributed by atoms with Crippen LogP contribution in [0.4, 0.5) is 11.4 Å². The van der Waals surface area contributed by atoms with Gasteiger partial charge in [-0.05, 0) is 64.2 Å². The topological polar surface area (TPSA) is 85.8 Å². The third kappa shape index (κ3) is 4.64. The summed E-state index contributed by atoms with van der Waals surface area (Å²) in [5, 5.41) is 15.6. The second-order valence-electron chi connectivity index (χ2n) is 6.51. The minimum absolute atomic E-state index is 0.237. The van der Waals surface area contributed by atoms with E-state index in [0.29, 0.717) is 22.9 Å². The number of carbonyl (C=O) groups excluding carboxylic acids is 1. The van der Waals surface area contributed by atoms with E-state index in [2.05, 4.69) is 15.6 Å². The maximum Gasteiger partial charge on any atom is 0.277 e. The van der Waals surface area contributed by atoms with E-state index < -0.39 is 0 Å². The summed E-state index contributed by atoms with van der Waals surface area (Å²) in [6, 6.07) is 15.2. The van der Waals surface area contributed by atoms with E-state index in [9.17, 15) is 4.79 Å². The van der Waals surface area contributed by atoms with Crippen LogP contribution in [0.15, 0.2) is 65.5 Å². The first-order chi connectivity index (χ1) is 14.1. The predicted octanol–water partition coefficient (Wildman–Crippen LogP) is 4.74. The lowest BCUT2D eigenvalue weighted by atomic mass is 10.1. The van der Waals surface area contributed by atoms with Crippen molar-refractivity contribution in [1.29, 1.82) is 0 Å². The zero-order chi connectivity index (χ0) is 20.2. The summed E-state index contributed by atoms with van der Waals surface area (Å²) in [5.41, 5.74) is 10.5. The van der Waals surface area contributed by atoms with Crippen molar-refractivity contribution in [2.75, 3.05) is 11.1 Å². The number of aromatic nitrogens is 3. The first-order valence-corrected chi connectivity index (χ1v) is 10.3. The lowest BCUT2D eigenvalue weighted by Crippen LogP contribution is -2.13. The van der Waals surface area contributed by atoms with Crippen molar-refractivity contribution in [2.24, 2.45) is 0 Å². The standard InChI is InChI=1S/C21H18ClN5OS/c22-17-4-1-14(2-5-17)7-9-27-12-20(25-26-27)21(28)24-19-11-15(3-6-18(19)23)16-8-10-29-13-16/h1-6,8,10-13H,7,9,23H2,(H,24,28). The SMILES string of the molecule is Nc1ccc(-c2ccsc2)cc1NC(=O)c1cn(CCc2ccc(Cl)cc2)nn1. The van der Waals surface area contributed by atoms with Crippen LogP contribution in [0.1, 0.15) is 16.1 Å². The molecule has 4 rings (SSSR count). The monoisotopic (exact) mass is 423 g/mol. The highest BCUT2D eigenvalue weighted by Crippen LogP contribution is 2.28. The second-order valence-corrected chi connectivity index (χ2v) is 7.73. The Hall–Kier alpha value is -3.16. The van der Waals surface area contributed by atoms with Crippen molar-refractivity contribution in [2.45, 2.75) is 13.0 Å². The van der Waals surface area contributed by atoms with Crippen molar-refractivity contribution in [1.82, 2.24) is 15.0 Å². The number of hydrogen-bond acceptors (Lipinski definition) is 5. The molecule has 29 heavy (non-hydrogen) atoms. The average molecular weight is 424 g/mol. The van der Waals surface area contributed by atoms with Gasteiger partial charge in [0.25, 0.3) is 5.91 Å². The van der Waals surface area contributed by atoms with Crippen LogP contribution in [-0.4, -0.2) is 20.9 Å². The molecule has 0 unspecified atom stereocenters. The van der Waals surface area contributed by atoms with Crippen LogP contribution in [0.5, 0.6) is 0 Å². The quantitative estimate of drug-likeness (QED) is 0.438. The third-order valence-corrected chi connectivity index (χ3v) is 5.41. The number of amides is 1. The summed E-state index contributed by atoms with van der Waals surface area (Å²) < 4.78 is 1.65. The van der Waals surface area contributed by atoms with Gasteiger partial charge in [-0.1, -0.05) is 35.0 Å². The van der Waals surface area contributed by atoms with Crippen molar-refractivity contribution in [3.05, 3.63) is 81.8 Å². The highest BCUT2D eigenvalue weighted by atomic mass is 35.5. The van der Waals surface area contributed by atoms with Crippen LogP contribution in [0.3, 0.4) is 0 Å². The van der Waals surface area contributed by atoms with Gasteiger partial charge in [0.15, 0.2) is 5.69 Å². The number of anilines is 2. The van der Waals surface area contributed by atoms with Gasteiger partial charge in [0.05, 0.1) is 17.6 Å². The van der Waals surface area contributed by atoms with Crippen LogP contribution in [0.2, 0.25) is 5.02 Å². The molecule has 8 heteroatoms. The lowest BCUT2D eigenvalue weighted by Gasteiger charge is -2.09. The minimum atomic E-state index is -0.350. The van der Waals surface area contributed by atoms with E-state index in [0.717, 1.165) is 23.1 Å². The number of hydrogen-bond donors (Lipinski definition) is 2. The van der Waals surface area contributed by atoms with Crippen molar-refractivity contribution < 1.29 is 4.79 Å². The fourth-order valence-electron chi connectivity index (χ4n) is 2.87. The number of aryl methyl sites for hydroxylation is 2. The van der Waals surface area contributed by atoms with Crippen molar-refractivity contribution in [3.8, 4) is 11.1 Å². The third-order valence-electron chi connectivity index (χ3n) is 4.47. The van der Waals surface area contributed by atoms with E-state index in [-0.39, 0.29) is 11.6 Å². The zero-order valence-corrected chi connectivity index (χ0v) is 17.0. The van der Waals surface area contributed by atoms with Gasteiger partial charge in [-0.15, -0.1) is 5.10 Å². The molecule has 0 radical (unpaired) electrons. The maximum atomic E-state index is 12.6. The molecule has 0 bridgehead atoms. The summed E-state index contributed by atoms with van der Waals surface area (Å²) >= 11 is 7.52. The second kappa shape index (κ2) is 8.46. The van der Waals surface area contributed by atoms with Gasteiger partial charge in [0.2, 0.25) is 0 Å². The van der Waals surface area contributed by atoms with Gasteiger partial charge >= 0.3 is 0 Å². The van der Waals surface area contributed by atoms with Gasteiger partial charge in [0.1, 0.15) is 0 Å². The van der Waals surface area contributed by atoms with Crippen LogP contribution < -0.4 is 11.1 Å². The Morgan fingerprint density at radius 3 is 2.72 bits per heavy atom. The summed E-state index contributed by atoms with van der Waals surface area (Å²) in [7, 11) is 0. The highest BCUT2D eigenvalue weighted by Gasteiger charge is 2.13. The number of benzene rings is 2. The molecule has 6 nitrogen and oxygen atoms in total. The number of halogens is 1. The molecular formula is C21H18ClN5OS. The van der Waals surface area contributed by atoms with E-state index in [1.807, 2.05) is 53.2 Å². The number of nitrogens with one attached hydrogen (secondary N) is 1. The molecule has 0 aliphatic carbocycles. The van der Waals surface area contributed by atoms with E-state index in [1.54, 1.807) is 28.3 Å². The number of nitrogens with zero attached hydrogens (tertiary/aromatic N) is 3. The highest BCUT2D eigenvalue weighted by molar-refractivity contribution is 7.08. The van der Waals surface area contributed by atoms with E-state index >= 15 is 0 Å². The van der Waals surface area contributed by atoms with E-state index in [4.69, 9.17) is 17.3 Å². The smallest absolute Gasteiger partial charge is 0.277 e. The van der Waals surface area contributed by atoms with Crippen LogP contribution in [0, 0.1) is 0 Å². The summed E-state index contributed by atoms with van der Waals surface area (Å²) in [5.74, 6) is -0.350. The molecule has 0 spiro atoms. The molecule has 0 atom stereocenters. The van der Waals surface area contributed by atoms with Crippen LogP contribution >= 0.6 is 22.9 Å². The molecule has 0 aliphatic heterocycles. The van der Waals surface area contributed by atoms with Gasteiger partial charge in [0, 0.05) is 11.6 Å². The number of carbonyl (C=O) groups is 1. The Morgan fingerprint density at radius 2 is 1.97 bits per heavy atom. The molecule has 0 aliphatic rings. The number of rotatable bonds is 6. The Kier molecular flexibility index (Phi) is 5.59. The van der Waals surface area contributed by atoms with Crippen molar-refractivity contribution >= 4 is 40.2 Å². The molecule has 0 saturated carbocycles. The van der Waals surface area contributed by atoms with E-state index in [1.165, 1.54) is 0 Å². The molecule has 0 fully saturated rings. The number of nitrogens with two attached hydrogens (primary N) is 1. The maximum absolute atomic E-state index is 12.6. The first kappa shape index (κ1) is 19.2. The predicted molar refractivity (Wildman–Crippen MR) is 117 cm³/mol. The Balaban J connectivity index is 1.43. The number of thiophene rings is 1. The molecule has 0 saturated heterocycles. The molecule has 3 N–H and O–H groups in total. The van der Waals surface area contributed by atoms with Gasteiger partial charge in [-0.3, -0.25) is 9.48 Å². The van der Waals surface area contributed by atoms with Crippen molar-refractivity contribution in [3.63, 3.8) is 0 Å². The van der Waals surface area contributed by atoms with Gasteiger partial charge < -0.3 is 11.1 Å². The fraction of sp³-hybridized carbons (Fsp3) is 0.0952. The van der Waals surface area contributed by atoms with Gasteiger partial charge in [-0.25, -0.2) is 0 Å². The lowest BCUT2D eigenvalue weighted by molar-refractivity contribution is 0.102. The Labute approximate surface area is 176 Å².